The molecule has 2 atom stereocenters. The minimum absolute atomic E-state index is 0.420. The first-order valence-electron chi connectivity index (χ1n) is 3.16. The van der Waals surface area contributed by atoms with Gasteiger partial charge in [0.2, 0.25) is 0 Å². The zero-order valence-electron chi connectivity index (χ0n) is 5.67. The van der Waals surface area contributed by atoms with Crippen molar-refractivity contribution in [2.24, 2.45) is 0 Å². The number of aliphatic hydroxyl groups is 2. The summed E-state index contributed by atoms with van der Waals surface area (Å²) >= 11 is 0. The van der Waals surface area contributed by atoms with Crippen LogP contribution in [0.2, 0.25) is 0 Å². The number of rotatable bonds is 0. The van der Waals surface area contributed by atoms with Crippen LogP contribution in [0.15, 0.2) is 12.2 Å². The van der Waals surface area contributed by atoms with E-state index in [4.69, 9.17) is 6.42 Å². The summed E-state index contributed by atoms with van der Waals surface area (Å²) in [5.74, 6) is 2.17. The van der Waals surface area contributed by atoms with Crippen molar-refractivity contribution in [1.29, 1.82) is 0 Å². The molecular weight excluding hydrogens is 128 g/mol. The molecule has 1 saturated carbocycles. The van der Waals surface area contributed by atoms with Crippen LogP contribution in [0.4, 0.5) is 0 Å². The summed E-state index contributed by atoms with van der Waals surface area (Å²) < 4.78 is 0. The monoisotopic (exact) mass is 138 g/mol. The Kier molecular flexibility index (Phi) is 1.55. The molecule has 0 saturated heterocycles. The van der Waals surface area contributed by atoms with Crippen molar-refractivity contribution >= 4 is 0 Å². The fraction of sp³-hybridized carbons (Fsp3) is 0.500. The molecule has 0 aromatic heterocycles. The molecule has 0 aliphatic heterocycles. The van der Waals surface area contributed by atoms with Crippen molar-refractivity contribution in [2.45, 2.75) is 24.5 Å². The maximum atomic E-state index is 9.39. The first-order chi connectivity index (χ1) is 4.60. The highest BCUT2D eigenvalue weighted by Crippen LogP contribution is 2.32. The molecule has 0 aromatic carbocycles. The predicted molar refractivity (Wildman–Crippen MR) is 38.2 cm³/mol. The van der Waals surface area contributed by atoms with Gasteiger partial charge in [-0.2, -0.15) is 0 Å². The molecule has 10 heavy (non-hydrogen) atoms. The molecule has 0 aromatic rings. The number of terminal acetylenes is 1. The molecule has 2 nitrogen and oxygen atoms in total. The van der Waals surface area contributed by atoms with Gasteiger partial charge in [-0.1, -0.05) is 12.5 Å². The van der Waals surface area contributed by atoms with Crippen molar-refractivity contribution in [3.8, 4) is 12.3 Å². The Morgan fingerprint density at radius 1 is 1.80 bits per heavy atom. The van der Waals surface area contributed by atoms with Crippen LogP contribution >= 0.6 is 0 Å². The highest BCUT2D eigenvalue weighted by molar-refractivity contribution is 5.26. The Morgan fingerprint density at radius 2 is 2.40 bits per heavy atom. The average Bonchev–Trinajstić information content (AvgIpc) is 2.19. The van der Waals surface area contributed by atoms with E-state index >= 15 is 0 Å². The van der Waals surface area contributed by atoms with Gasteiger partial charge in [0.05, 0.1) is 0 Å². The Balaban J connectivity index is 2.86. The van der Waals surface area contributed by atoms with Gasteiger partial charge < -0.3 is 10.2 Å². The van der Waals surface area contributed by atoms with Crippen LogP contribution in [-0.2, 0) is 0 Å². The van der Waals surface area contributed by atoms with Crippen molar-refractivity contribution in [3.63, 3.8) is 0 Å². The van der Waals surface area contributed by atoms with Crippen molar-refractivity contribution in [1.82, 2.24) is 0 Å². The lowest BCUT2D eigenvalue weighted by Gasteiger charge is -2.19. The van der Waals surface area contributed by atoms with Gasteiger partial charge in [0.15, 0.2) is 5.60 Å². The minimum atomic E-state index is -1.35. The van der Waals surface area contributed by atoms with Crippen LogP contribution in [0.25, 0.3) is 0 Å². The zero-order valence-corrected chi connectivity index (χ0v) is 5.67. The fourth-order valence-corrected chi connectivity index (χ4v) is 1.11. The highest BCUT2D eigenvalue weighted by atomic mass is 16.3. The van der Waals surface area contributed by atoms with Crippen molar-refractivity contribution < 1.29 is 10.2 Å². The van der Waals surface area contributed by atoms with Crippen LogP contribution in [-0.4, -0.2) is 21.9 Å². The molecule has 1 rings (SSSR count). The SMILES string of the molecule is C#C[C@@]1(O)CCC(=C)[C@@H]1O. The number of hydrogen-bond acceptors (Lipinski definition) is 2. The molecule has 2 N–H and O–H groups in total. The van der Waals surface area contributed by atoms with Gasteiger partial charge in [-0.15, -0.1) is 6.42 Å². The second-order valence-electron chi connectivity index (χ2n) is 2.63. The summed E-state index contributed by atoms with van der Waals surface area (Å²) in [6, 6.07) is 0. The van der Waals surface area contributed by atoms with E-state index in [0.29, 0.717) is 18.4 Å². The summed E-state index contributed by atoms with van der Waals surface area (Å²) in [6.45, 7) is 3.57. The largest absolute Gasteiger partial charge is 0.385 e. The lowest BCUT2D eigenvalue weighted by molar-refractivity contribution is 0.00553. The van der Waals surface area contributed by atoms with E-state index in [-0.39, 0.29) is 0 Å². The molecule has 54 valence electrons. The predicted octanol–water partition coefficient (Wildman–Crippen LogP) is 0.0616. The summed E-state index contributed by atoms with van der Waals surface area (Å²) in [5, 5.41) is 18.6. The van der Waals surface area contributed by atoms with Crippen LogP contribution in [0.1, 0.15) is 12.8 Å². The Hall–Kier alpha value is -0.780. The topological polar surface area (TPSA) is 40.5 Å². The maximum absolute atomic E-state index is 9.39. The molecule has 1 fully saturated rings. The number of aliphatic hydroxyl groups excluding tert-OH is 1. The van der Waals surface area contributed by atoms with Gasteiger partial charge in [0.1, 0.15) is 6.10 Å². The molecular formula is C8H10O2. The van der Waals surface area contributed by atoms with Crippen molar-refractivity contribution in [3.05, 3.63) is 12.2 Å². The summed E-state index contributed by atoms with van der Waals surface area (Å²) in [4.78, 5) is 0. The Labute approximate surface area is 60.2 Å². The van der Waals surface area contributed by atoms with Crippen LogP contribution in [0, 0.1) is 12.3 Å². The maximum Gasteiger partial charge on any atom is 0.154 e. The van der Waals surface area contributed by atoms with Gasteiger partial charge >= 0.3 is 0 Å². The normalized spacial score (nSPS) is 39.7. The minimum Gasteiger partial charge on any atom is -0.385 e. The molecule has 0 bridgehead atoms. The first kappa shape index (κ1) is 7.33. The van der Waals surface area contributed by atoms with E-state index in [1.165, 1.54) is 0 Å². The standard InChI is InChI=1S/C8H10O2/c1-3-8(10)5-4-6(2)7(8)9/h1,7,9-10H,2,4-5H2/t7-,8+/m0/s1. The van der Waals surface area contributed by atoms with Crippen LogP contribution in [0.5, 0.6) is 0 Å². The Bertz CT molecular complexity index is 202. The van der Waals surface area contributed by atoms with Crippen LogP contribution < -0.4 is 0 Å². The van der Waals surface area contributed by atoms with Gasteiger partial charge in [-0.25, -0.2) is 0 Å². The molecule has 2 heteroatoms. The summed E-state index contributed by atoms with van der Waals surface area (Å²) in [6.07, 6.45) is 5.12. The molecule has 0 heterocycles. The smallest absolute Gasteiger partial charge is 0.154 e. The van der Waals surface area contributed by atoms with Gasteiger partial charge in [0.25, 0.3) is 0 Å². The first-order valence-corrected chi connectivity index (χ1v) is 3.16. The van der Waals surface area contributed by atoms with Gasteiger partial charge in [0, 0.05) is 0 Å². The molecule has 1 aliphatic rings. The third-order valence-electron chi connectivity index (χ3n) is 1.92. The molecule has 0 spiro atoms. The highest BCUT2D eigenvalue weighted by Gasteiger charge is 2.40. The third kappa shape index (κ3) is 0.841. The van der Waals surface area contributed by atoms with E-state index in [0.717, 1.165) is 0 Å². The van der Waals surface area contributed by atoms with E-state index in [1.54, 1.807) is 0 Å². The van der Waals surface area contributed by atoms with E-state index in [2.05, 4.69) is 12.5 Å². The zero-order chi connectivity index (χ0) is 7.78. The molecule has 0 amide bonds. The Morgan fingerprint density at radius 3 is 2.60 bits per heavy atom. The van der Waals surface area contributed by atoms with Gasteiger partial charge in [-0.3, -0.25) is 0 Å². The molecule has 0 radical (unpaired) electrons. The lowest BCUT2D eigenvalue weighted by atomic mass is 10.0. The van der Waals surface area contributed by atoms with Crippen molar-refractivity contribution in [2.75, 3.05) is 0 Å². The quantitative estimate of drug-likeness (QED) is 0.367. The second-order valence-corrected chi connectivity index (χ2v) is 2.63. The molecule has 1 aliphatic carbocycles. The van der Waals surface area contributed by atoms with E-state index < -0.39 is 11.7 Å². The number of hydrogen-bond donors (Lipinski definition) is 2. The lowest BCUT2D eigenvalue weighted by Crippen LogP contribution is -2.35. The van der Waals surface area contributed by atoms with Gasteiger partial charge in [-0.05, 0) is 18.4 Å². The second kappa shape index (κ2) is 2.12. The fourth-order valence-electron chi connectivity index (χ4n) is 1.11. The van der Waals surface area contributed by atoms with E-state index in [9.17, 15) is 10.2 Å². The molecule has 0 unspecified atom stereocenters. The van der Waals surface area contributed by atoms with E-state index in [1.807, 2.05) is 0 Å². The average molecular weight is 138 g/mol. The van der Waals surface area contributed by atoms with Crippen LogP contribution in [0.3, 0.4) is 0 Å². The third-order valence-corrected chi connectivity index (χ3v) is 1.92. The summed E-state index contributed by atoms with van der Waals surface area (Å²) in [7, 11) is 0. The summed E-state index contributed by atoms with van der Waals surface area (Å²) in [5.41, 5.74) is -0.725.